The number of β-amino-alcohol motifs (C(OH)–C–C–N with tert-alkyl or cyclic N) is 1. The maximum absolute atomic E-state index is 12.2. The average molecular weight is 258 g/mol. The molecule has 0 aliphatic carbocycles. The largest absolute Gasteiger partial charge is 0.392 e. The van der Waals surface area contributed by atoms with Gasteiger partial charge < -0.3 is 14.7 Å². The molecule has 1 heterocycles. The molecule has 1 aliphatic rings. The van der Waals surface area contributed by atoms with Gasteiger partial charge in [-0.1, -0.05) is 6.92 Å². The lowest BCUT2D eigenvalue weighted by atomic mass is 10.2. The molecule has 2 unspecified atom stereocenters. The van der Waals surface area contributed by atoms with Crippen LogP contribution in [0.1, 0.15) is 27.2 Å². The van der Waals surface area contributed by atoms with Crippen molar-refractivity contribution in [3.05, 3.63) is 0 Å². The molecule has 0 bridgehead atoms. The van der Waals surface area contributed by atoms with Crippen molar-refractivity contribution < 1.29 is 14.6 Å². The van der Waals surface area contributed by atoms with Crippen LogP contribution in [0.2, 0.25) is 0 Å². The van der Waals surface area contributed by atoms with Crippen molar-refractivity contribution >= 4 is 5.91 Å². The van der Waals surface area contributed by atoms with Crippen LogP contribution in [-0.2, 0) is 9.53 Å². The van der Waals surface area contributed by atoms with E-state index in [4.69, 9.17) is 4.74 Å². The van der Waals surface area contributed by atoms with Gasteiger partial charge in [0.1, 0.15) is 6.10 Å². The Labute approximate surface area is 110 Å². The van der Waals surface area contributed by atoms with Gasteiger partial charge in [0, 0.05) is 39.3 Å². The van der Waals surface area contributed by atoms with Gasteiger partial charge in [-0.15, -0.1) is 0 Å². The first kappa shape index (κ1) is 15.4. The number of carbonyl (C=O) groups excluding carboxylic acids is 1. The highest BCUT2D eigenvalue weighted by atomic mass is 16.5. The van der Waals surface area contributed by atoms with E-state index in [1.54, 1.807) is 6.92 Å². The third kappa shape index (κ3) is 4.55. The van der Waals surface area contributed by atoms with E-state index >= 15 is 0 Å². The summed E-state index contributed by atoms with van der Waals surface area (Å²) in [5.41, 5.74) is 0. The minimum absolute atomic E-state index is 0.107. The summed E-state index contributed by atoms with van der Waals surface area (Å²) < 4.78 is 5.45. The summed E-state index contributed by atoms with van der Waals surface area (Å²) in [6, 6.07) is 0. The summed E-state index contributed by atoms with van der Waals surface area (Å²) in [4.78, 5) is 16.2. The molecule has 1 N–H and O–H groups in total. The van der Waals surface area contributed by atoms with Gasteiger partial charge in [-0.3, -0.25) is 9.69 Å². The zero-order valence-corrected chi connectivity index (χ0v) is 11.8. The number of carbonyl (C=O) groups is 1. The standard InChI is InChI=1S/C13H26N2O3/c1-4-12(18-5-2)13(17)15-8-6-14(7-9-15)10-11(3)16/h11-12,16H,4-10H2,1-3H3. The molecule has 5 nitrogen and oxygen atoms in total. The molecular weight excluding hydrogens is 232 g/mol. The van der Waals surface area contributed by atoms with Crippen molar-refractivity contribution in [2.24, 2.45) is 0 Å². The third-order valence-corrected chi connectivity index (χ3v) is 3.22. The second-order valence-electron chi connectivity index (χ2n) is 4.83. The first-order chi connectivity index (χ1) is 8.58. The summed E-state index contributed by atoms with van der Waals surface area (Å²) in [7, 11) is 0. The summed E-state index contributed by atoms with van der Waals surface area (Å²) in [5.74, 6) is 0.107. The van der Waals surface area contributed by atoms with Crippen LogP contribution in [0.15, 0.2) is 0 Å². The predicted octanol–water partition coefficient (Wildman–Crippen LogP) is 0.327. The molecule has 1 aliphatic heterocycles. The van der Waals surface area contributed by atoms with Gasteiger partial charge in [0.05, 0.1) is 6.10 Å². The molecule has 0 radical (unpaired) electrons. The van der Waals surface area contributed by atoms with Crippen molar-refractivity contribution in [1.29, 1.82) is 0 Å². The van der Waals surface area contributed by atoms with Crippen LogP contribution in [0.3, 0.4) is 0 Å². The van der Waals surface area contributed by atoms with Crippen molar-refractivity contribution in [3.63, 3.8) is 0 Å². The molecule has 1 fully saturated rings. The minimum atomic E-state index is -0.306. The maximum Gasteiger partial charge on any atom is 0.251 e. The minimum Gasteiger partial charge on any atom is -0.392 e. The highest BCUT2D eigenvalue weighted by Gasteiger charge is 2.26. The lowest BCUT2D eigenvalue weighted by molar-refractivity contribution is -0.145. The number of aliphatic hydroxyl groups is 1. The first-order valence-electron chi connectivity index (χ1n) is 6.89. The molecule has 1 amide bonds. The fourth-order valence-electron chi connectivity index (χ4n) is 2.29. The SMILES string of the molecule is CCOC(CC)C(=O)N1CCN(CC(C)O)CC1. The first-order valence-corrected chi connectivity index (χ1v) is 6.89. The second kappa shape index (κ2) is 7.71. The molecular formula is C13H26N2O3. The number of hydrogen-bond acceptors (Lipinski definition) is 4. The Bertz CT molecular complexity index is 251. The van der Waals surface area contributed by atoms with Gasteiger partial charge in [0.15, 0.2) is 0 Å². The molecule has 5 heteroatoms. The summed E-state index contributed by atoms with van der Waals surface area (Å²) in [6.45, 7) is 10.1. The Morgan fingerprint density at radius 1 is 1.28 bits per heavy atom. The number of amides is 1. The van der Waals surface area contributed by atoms with Crippen LogP contribution in [0.4, 0.5) is 0 Å². The Morgan fingerprint density at radius 3 is 2.33 bits per heavy atom. The fourth-order valence-corrected chi connectivity index (χ4v) is 2.29. The van der Waals surface area contributed by atoms with Gasteiger partial charge in [-0.2, -0.15) is 0 Å². The van der Waals surface area contributed by atoms with E-state index in [0.29, 0.717) is 13.2 Å². The second-order valence-corrected chi connectivity index (χ2v) is 4.83. The average Bonchev–Trinajstić information content (AvgIpc) is 2.35. The van der Waals surface area contributed by atoms with Gasteiger partial charge in [-0.05, 0) is 20.3 Å². The summed E-state index contributed by atoms with van der Waals surface area (Å²) in [6.07, 6.45) is 0.123. The Hall–Kier alpha value is -0.650. The number of rotatable bonds is 6. The fraction of sp³-hybridized carbons (Fsp3) is 0.923. The van der Waals surface area contributed by atoms with Gasteiger partial charge in [-0.25, -0.2) is 0 Å². The van der Waals surface area contributed by atoms with E-state index in [1.807, 2.05) is 18.7 Å². The molecule has 0 aromatic carbocycles. The van der Waals surface area contributed by atoms with Crippen LogP contribution in [-0.4, -0.2) is 72.4 Å². The smallest absolute Gasteiger partial charge is 0.251 e. The van der Waals surface area contributed by atoms with Crippen LogP contribution in [0.5, 0.6) is 0 Å². The van der Waals surface area contributed by atoms with E-state index in [-0.39, 0.29) is 18.1 Å². The van der Waals surface area contributed by atoms with Gasteiger partial charge in [0.25, 0.3) is 5.91 Å². The van der Waals surface area contributed by atoms with Crippen molar-refractivity contribution in [2.45, 2.75) is 39.4 Å². The monoisotopic (exact) mass is 258 g/mol. The Balaban J connectivity index is 2.39. The number of hydrogen-bond donors (Lipinski definition) is 1. The molecule has 2 atom stereocenters. The molecule has 0 aromatic heterocycles. The topological polar surface area (TPSA) is 53.0 Å². The highest BCUT2D eigenvalue weighted by Crippen LogP contribution is 2.08. The van der Waals surface area contributed by atoms with Crippen molar-refractivity contribution in [2.75, 3.05) is 39.3 Å². The van der Waals surface area contributed by atoms with Crippen LogP contribution >= 0.6 is 0 Å². The molecule has 0 saturated carbocycles. The molecule has 18 heavy (non-hydrogen) atoms. The van der Waals surface area contributed by atoms with E-state index in [2.05, 4.69) is 4.90 Å². The van der Waals surface area contributed by atoms with Crippen molar-refractivity contribution in [1.82, 2.24) is 9.80 Å². The zero-order chi connectivity index (χ0) is 13.5. The summed E-state index contributed by atoms with van der Waals surface area (Å²) in [5, 5.41) is 9.33. The highest BCUT2D eigenvalue weighted by molar-refractivity contribution is 5.81. The quantitative estimate of drug-likeness (QED) is 0.746. The molecule has 0 aromatic rings. The molecule has 106 valence electrons. The van der Waals surface area contributed by atoms with E-state index < -0.39 is 0 Å². The normalized spacial score (nSPS) is 20.8. The van der Waals surface area contributed by atoms with Crippen LogP contribution in [0, 0.1) is 0 Å². The van der Waals surface area contributed by atoms with Gasteiger partial charge >= 0.3 is 0 Å². The van der Waals surface area contributed by atoms with E-state index in [9.17, 15) is 9.90 Å². The Kier molecular flexibility index (Phi) is 6.60. The molecule has 1 rings (SSSR count). The van der Waals surface area contributed by atoms with E-state index in [0.717, 1.165) is 32.6 Å². The molecule has 1 saturated heterocycles. The predicted molar refractivity (Wildman–Crippen MR) is 70.4 cm³/mol. The van der Waals surface area contributed by atoms with Gasteiger partial charge in [0.2, 0.25) is 0 Å². The number of aliphatic hydroxyl groups excluding tert-OH is 1. The summed E-state index contributed by atoms with van der Waals surface area (Å²) >= 11 is 0. The third-order valence-electron chi connectivity index (χ3n) is 3.22. The number of ether oxygens (including phenoxy) is 1. The van der Waals surface area contributed by atoms with Crippen LogP contribution in [0.25, 0.3) is 0 Å². The maximum atomic E-state index is 12.2. The molecule has 0 spiro atoms. The Morgan fingerprint density at radius 2 is 1.89 bits per heavy atom. The lowest BCUT2D eigenvalue weighted by Gasteiger charge is -2.36. The number of piperazine rings is 1. The van der Waals surface area contributed by atoms with Crippen molar-refractivity contribution in [3.8, 4) is 0 Å². The number of nitrogens with zero attached hydrogens (tertiary/aromatic N) is 2. The lowest BCUT2D eigenvalue weighted by Crippen LogP contribution is -2.52. The zero-order valence-electron chi connectivity index (χ0n) is 11.8. The van der Waals surface area contributed by atoms with Crippen LogP contribution < -0.4 is 0 Å². The van der Waals surface area contributed by atoms with E-state index in [1.165, 1.54) is 0 Å².